The van der Waals surface area contributed by atoms with E-state index in [0.717, 1.165) is 36.7 Å². The molecule has 0 saturated carbocycles. The summed E-state index contributed by atoms with van der Waals surface area (Å²) < 4.78 is 5.63. The number of nitrogens with zero attached hydrogens (tertiary/aromatic N) is 5. The summed E-state index contributed by atoms with van der Waals surface area (Å²) in [7, 11) is 1.55. The molecular formula is C17H23N5O3. The molecule has 0 bridgehead atoms. The van der Waals surface area contributed by atoms with Crippen molar-refractivity contribution in [3.05, 3.63) is 17.6 Å². The summed E-state index contributed by atoms with van der Waals surface area (Å²) in [6.07, 6.45) is 2.16. The topological polar surface area (TPSA) is 88.0 Å². The molecule has 1 amide bonds. The van der Waals surface area contributed by atoms with E-state index in [-0.39, 0.29) is 12.0 Å². The lowest BCUT2D eigenvalue weighted by molar-refractivity contribution is -0.141. The Kier molecular flexibility index (Phi) is 4.96. The average molecular weight is 345 g/mol. The quantitative estimate of drug-likeness (QED) is 0.765. The third-order valence-electron chi connectivity index (χ3n) is 4.37. The van der Waals surface area contributed by atoms with Crippen LogP contribution in [-0.4, -0.2) is 58.8 Å². The van der Waals surface area contributed by atoms with Crippen LogP contribution in [0.1, 0.15) is 37.2 Å². The van der Waals surface area contributed by atoms with Gasteiger partial charge < -0.3 is 9.64 Å². The first-order valence-corrected chi connectivity index (χ1v) is 8.54. The van der Waals surface area contributed by atoms with E-state index in [9.17, 15) is 9.59 Å². The first kappa shape index (κ1) is 17.3. The first-order valence-electron chi connectivity index (χ1n) is 8.54. The van der Waals surface area contributed by atoms with Gasteiger partial charge in [0.1, 0.15) is 23.5 Å². The molecule has 2 aliphatic rings. The third-order valence-corrected chi connectivity index (χ3v) is 4.37. The van der Waals surface area contributed by atoms with Gasteiger partial charge in [-0.05, 0) is 26.7 Å². The molecule has 134 valence electrons. The van der Waals surface area contributed by atoms with E-state index < -0.39 is 5.97 Å². The first-order chi connectivity index (χ1) is 11.9. The van der Waals surface area contributed by atoms with Gasteiger partial charge in [0.25, 0.3) is 0 Å². The lowest BCUT2D eigenvalue weighted by Crippen LogP contribution is -2.42. The molecule has 0 N–H and O–H groups in total. The van der Waals surface area contributed by atoms with Crippen molar-refractivity contribution in [1.29, 1.82) is 0 Å². The highest BCUT2D eigenvalue weighted by molar-refractivity contribution is 6.37. The van der Waals surface area contributed by atoms with E-state index in [2.05, 4.69) is 20.0 Å². The van der Waals surface area contributed by atoms with Crippen LogP contribution in [0.3, 0.4) is 0 Å². The fraction of sp³-hybridized carbons (Fsp3) is 0.588. The van der Waals surface area contributed by atoms with Crippen LogP contribution in [0.5, 0.6) is 0 Å². The summed E-state index contributed by atoms with van der Waals surface area (Å²) >= 11 is 0. The summed E-state index contributed by atoms with van der Waals surface area (Å²) in [5.41, 5.74) is 1.24. The number of carbonyl (C=O) groups excluding carboxylic acids is 2. The number of anilines is 1. The molecule has 8 heteroatoms. The minimum Gasteiger partial charge on any atom is -0.456 e. The summed E-state index contributed by atoms with van der Waals surface area (Å²) in [5.74, 6) is 1.08. The lowest BCUT2D eigenvalue weighted by atomic mass is 10.1. The highest BCUT2D eigenvalue weighted by Crippen LogP contribution is 2.21. The standard InChI is InChI=1S/C17H23N5O3/c1-11-9-15(19-12(2)18-11)22-8-4-5-13(10-22)25-17(24)14-6-7-16(23)21(3)20-14/h9,13H,4-8,10H2,1-3H3/t13-/m0/s1. The van der Waals surface area contributed by atoms with Crippen molar-refractivity contribution < 1.29 is 14.3 Å². The predicted octanol–water partition coefficient (Wildman–Crippen LogP) is 1.21. The summed E-state index contributed by atoms with van der Waals surface area (Å²) in [5, 5.41) is 5.23. The maximum absolute atomic E-state index is 12.3. The SMILES string of the molecule is Cc1cc(N2CCC[C@H](OC(=O)C3=NN(C)C(=O)CC3)C2)nc(C)n1. The Morgan fingerprint density at radius 1 is 1.28 bits per heavy atom. The van der Waals surface area contributed by atoms with Crippen LogP contribution in [0.2, 0.25) is 0 Å². The molecule has 8 nitrogen and oxygen atoms in total. The monoisotopic (exact) mass is 345 g/mol. The summed E-state index contributed by atoms with van der Waals surface area (Å²) in [4.78, 5) is 34.7. The number of hydrogen-bond donors (Lipinski definition) is 0. The fourth-order valence-electron chi connectivity index (χ4n) is 3.14. The van der Waals surface area contributed by atoms with Crippen LogP contribution in [0.4, 0.5) is 5.82 Å². The largest absolute Gasteiger partial charge is 0.456 e. The zero-order valence-electron chi connectivity index (χ0n) is 14.9. The lowest BCUT2D eigenvalue weighted by Gasteiger charge is -2.33. The van der Waals surface area contributed by atoms with Gasteiger partial charge in [0.05, 0.1) is 6.54 Å². The van der Waals surface area contributed by atoms with Crippen molar-refractivity contribution in [2.24, 2.45) is 5.10 Å². The molecular weight excluding hydrogens is 322 g/mol. The number of rotatable bonds is 3. The van der Waals surface area contributed by atoms with E-state index in [4.69, 9.17) is 4.74 Å². The Morgan fingerprint density at radius 2 is 2.08 bits per heavy atom. The van der Waals surface area contributed by atoms with Gasteiger partial charge in [0.15, 0.2) is 0 Å². The number of hydrogen-bond acceptors (Lipinski definition) is 7. The molecule has 1 aromatic heterocycles. The van der Waals surface area contributed by atoms with Crippen LogP contribution in [0.25, 0.3) is 0 Å². The van der Waals surface area contributed by atoms with Crippen LogP contribution in [0.15, 0.2) is 11.2 Å². The number of esters is 1. The molecule has 0 aliphatic carbocycles. The van der Waals surface area contributed by atoms with Gasteiger partial charge in [-0.2, -0.15) is 5.10 Å². The van der Waals surface area contributed by atoms with Crippen LogP contribution in [-0.2, 0) is 14.3 Å². The van der Waals surface area contributed by atoms with E-state index >= 15 is 0 Å². The number of ether oxygens (including phenoxy) is 1. The zero-order valence-corrected chi connectivity index (χ0v) is 14.9. The van der Waals surface area contributed by atoms with Gasteiger partial charge in [-0.1, -0.05) is 0 Å². The number of piperidine rings is 1. The molecule has 0 spiro atoms. The van der Waals surface area contributed by atoms with Gasteiger partial charge in [0, 0.05) is 38.2 Å². The second-order valence-corrected chi connectivity index (χ2v) is 6.49. The van der Waals surface area contributed by atoms with Gasteiger partial charge in [-0.3, -0.25) is 4.79 Å². The molecule has 0 radical (unpaired) electrons. The van der Waals surface area contributed by atoms with Crippen molar-refractivity contribution in [2.75, 3.05) is 25.0 Å². The normalized spacial score (nSPS) is 21.2. The molecule has 3 rings (SSSR count). The van der Waals surface area contributed by atoms with Crippen molar-refractivity contribution in [3.8, 4) is 0 Å². The molecule has 1 fully saturated rings. The predicted molar refractivity (Wildman–Crippen MR) is 92.3 cm³/mol. The maximum Gasteiger partial charge on any atom is 0.354 e. The number of aromatic nitrogens is 2. The van der Waals surface area contributed by atoms with Crippen LogP contribution >= 0.6 is 0 Å². The maximum atomic E-state index is 12.3. The Morgan fingerprint density at radius 3 is 2.80 bits per heavy atom. The number of aryl methyl sites for hydroxylation is 2. The minimum atomic E-state index is -0.429. The van der Waals surface area contributed by atoms with Gasteiger partial charge in [0.2, 0.25) is 5.91 Å². The number of carbonyl (C=O) groups is 2. The Hall–Kier alpha value is -2.51. The summed E-state index contributed by atoms with van der Waals surface area (Å²) in [6, 6.07) is 1.95. The molecule has 3 heterocycles. The second-order valence-electron chi connectivity index (χ2n) is 6.49. The highest BCUT2D eigenvalue weighted by atomic mass is 16.5. The van der Waals surface area contributed by atoms with E-state index in [1.165, 1.54) is 5.01 Å². The van der Waals surface area contributed by atoms with Crippen molar-refractivity contribution in [2.45, 2.75) is 45.6 Å². The molecule has 1 atom stereocenters. The van der Waals surface area contributed by atoms with Crippen LogP contribution < -0.4 is 4.90 Å². The van der Waals surface area contributed by atoms with Gasteiger partial charge in [-0.15, -0.1) is 0 Å². The molecule has 2 aliphatic heterocycles. The fourth-order valence-corrected chi connectivity index (χ4v) is 3.14. The minimum absolute atomic E-state index is 0.0881. The smallest absolute Gasteiger partial charge is 0.354 e. The Bertz CT molecular complexity index is 698. The third kappa shape index (κ3) is 4.12. The summed E-state index contributed by atoms with van der Waals surface area (Å²) in [6.45, 7) is 5.29. The Labute approximate surface area is 146 Å². The van der Waals surface area contributed by atoms with Crippen molar-refractivity contribution >= 4 is 23.4 Å². The number of amides is 1. The molecule has 0 unspecified atom stereocenters. The van der Waals surface area contributed by atoms with E-state index in [1.54, 1.807) is 7.05 Å². The zero-order chi connectivity index (χ0) is 18.0. The van der Waals surface area contributed by atoms with Crippen molar-refractivity contribution in [3.63, 3.8) is 0 Å². The average Bonchev–Trinajstić information content (AvgIpc) is 2.56. The van der Waals surface area contributed by atoms with E-state index in [1.807, 2.05) is 19.9 Å². The second kappa shape index (κ2) is 7.16. The molecule has 0 aromatic carbocycles. The molecule has 25 heavy (non-hydrogen) atoms. The molecule has 1 saturated heterocycles. The van der Waals surface area contributed by atoms with Crippen LogP contribution in [0, 0.1) is 13.8 Å². The molecule has 1 aromatic rings. The van der Waals surface area contributed by atoms with Gasteiger partial charge >= 0.3 is 5.97 Å². The van der Waals surface area contributed by atoms with Gasteiger partial charge in [-0.25, -0.2) is 19.8 Å². The van der Waals surface area contributed by atoms with E-state index in [0.29, 0.717) is 25.1 Å². The Balaban J connectivity index is 1.64. The number of hydrazone groups is 1. The van der Waals surface area contributed by atoms with Crippen molar-refractivity contribution in [1.82, 2.24) is 15.0 Å². The highest BCUT2D eigenvalue weighted by Gasteiger charge is 2.28.